The standard InChI is InChI=1S/C22H24N2O5/c1-5-14(2)29-20-18(27-3)12-15(13-19(20)28-4)11-17-21(25)23-24(22(17)26)16-9-7-6-8-10-16/h6-14H,5H2,1-4H3,(H,23,25). The van der Waals surface area contributed by atoms with Gasteiger partial charge in [-0.1, -0.05) is 25.1 Å². The molecule has 0 spiro atoms. The fraction of sp³-hybridized carbons (Fsp3) is 0.273. The second-order valence-electron chi connectivity index (χ2n) is 6.57. The van der Waals surface area contributed by atoms with Crippen LogP contribution in [0.1, 0.15) is 25.8 Å². The van der Waals surface area contributed by atoms with Crippen LogP contribution in [0.5, 0.6) is 17.2 Å². The Morgan fingerprint density at radius 1 is 1.07 bits per heavy atom. The third-order valence-electron chi connectivity index (χ3n) is 4.59. The zero-order valence-electron chi connectivity index (χ0n) is 16.9. The molecule has 1 aliphatic rings. The van der Waals surface area contributed by atoms with E-state index in [4.69, 9.17) is 14.2 Å². The molecule has 7 heteroatoms. The molecule has 0 bridgehead atoms. The molecular weight excluding hydrogens is 372 g/mol. The Hall–Kier alpha value is -3.48. The van der Waals surface area contributed by atoms with Crippen LogP contribution >= 0.6 is 0 Å². The minimum absolute atomic E-state index is 0.0218. The van der Waals surface area contributed by atoms with Crippen LogP contribution in [0.2, 0.25) is 0 Å². The molecule has 2 amide bonds. The average molecular weight is 396 g/mol. The van der Waals surface area contributed by atoms with Crippen molar-refractivity contribution < 1.29 is 23.8 Å². The van der Waals surface area contributed by atoms with E-state index in [1.54, 1.807) is 36.4 Å². The van der Waals surface area contributed by atoms with E-state index in [1.807, 2.05) is 19.9 Å². The fourth-order valence-corrected chi connectivity index (χ4v) is 2.87. The predicted molar refractivity (Wildman–Crippen MR) is 110 cm³/mol. The summed E-state index contributed by atoms with van der Waals surface area (Å²) in [5.41, 5.74) is 3.78. The van der Waals surface area contributed by atoms with Gasteiger partial charge in [0, 0.05) is 0 Å². The molecule has 0 radical (unpaired) electrons. The highest BCUT2D eigenvalue weighted by molar-refractivity contribution is 6.31. The highest BCUT2D eigenvalue weighted by Gasteiger charge is 2.34. The topological polar surface area (TPSA) is 77.1 Å². The molecule has 0 saturated carbocycles. The number of carbonyl (C=O) groups is 2. The van der Waals surface area contributed by atoms with E-state index >= 15 is 0 Å². The molecule has 1 N–H and O–H groups in total. The van der Waals surface area contributed by atoms with E-state index in [9.17, 15) is 9.59 Å². The Bertz CT molecular complexity index is 914. The number of amides is 2. The number of hydrazine groups is 1. The monoisotopic (exact) mass is 396 g/mol. The van der Waals surface area contributed by atoms with Crippen LogP contribution in [0, 0.1) is 0 Å². The molecule has 1 atom stereocenters. The van der Waals surface area contributed by atoms with Crippen molar-refractivity contribution in [1.82, 2.24) is 5.43 Å². The number of benzene rings is 2. The smallest absolute Gasteiger partial charge is 0.282 e. The summed E-state index contributed by atoms with van der Waals surface area (Å²) in [6.45, 7) is 3.97. The summed E-state index contributed by atoms with van der Waals surface area (Å²) in [7, 11) is 3.06. The van der Waals surface area contributed by atoms with Crippen LogP contribution in [-0.2, 0) is 9.59 Å². The van der Waals surface area contributed by atoms with Gasteiger partial charge in [-0.25, -0.2) is 5.01 Å². The van der Waals surface area contributed by atoms with Crippen LogP contribution in [0.25, 0.3) is 6.08 Å². The Kier molecular flexibility index (Phi) is 6.07. The lowest BCUT2D eigenvalue weighted by Gasteiger charge is -2.19. The van der Waals surface area contributed by atoms with Gasteiger partial charge < -0.3 is 14.2 Å². The number of ether oxygens (including phenoxy) is 3. The van der Waals surface area contributed by atoms with Gasteiger partial charge in [0.05, 0.1) is 26.0 Å². The first-order valence-electron chi connectivity index (χ1n) is 9.33. The van der Waals surface area contributed by atoms with Crippen molar-refractivity contribution in [2.24, 2.45) is 0 Å². The normalized spacial score (nSPS) is 16.0. The van der Waals surface area contributed by atoms with Crippen molar-refractivity contribution in [1.29, 1.82) is 0 Å². The van der Waals surface area contributed by atoms with Gasteiger partial charge in [-0.05, 0) is 49.2 Å². The van der Waals surface area contributed by atoms with Gasteiger partial charge in [-0.3, -0.25) is 15.0 Å². The van der Waals surface area contributed by atoms with Gasteiger partial charge in [0.25, 0.3) is 11.8 Å². The molecule has 0 aliphatic carbocycles. The molecule has 1 fully saturated rings. The molecule has 7 nitrogen and oxygen atoms in total. The van der Waals surface area contributed by atoms with Gasteiger partial charge in [0.15, 0.2) is 11.5 Å². The van der Waals surface area contributed by atoms with Crippen LogP contribution in [0.15, 0.2) is 48.0 Å². The third kappa shape index (κ3) is 4.18. The number of methoxy groups -OCH3 is 2. The maximum atomic E-state index is 12.8. The quantitative estimate of drug-likeness (QED) is 0.574. The van der Waals surface area contributed by atoms with E-state index in [2.05, 4.69) is 5.43 Å². The molecule has 1 aliphatic heterocycles. The minimum Gasteiger partial charge on any atom is -0.493 e. The molecule has 1 saturated heterocycles. The van der Waals surface area contributed by atoms with Gasteiger partial charge in [0.2, 0.25) is 5.75 Å². The zero-order chi connectivity index (χ0) is 21.0. The summed E-state index contributed by atoms with van der Waals surface area (Å²) in [5, 5.41) is 1.23. The summed E-state index contributed by atoms with van der Waals surface area (Å²) in [4.78, 5) is 25.2. The lowest BCUT2D eigenvalue weighted by Crippen LogP contribution is -2.35. The molecule has 152 valence electrons. The number of hydrogen-bond acceptors (Lipinski definition) is 5. The predicted octanol–water partition coefficient (Wildman–Crippen LogP) is 3.34. The third-order valence-corrected chi connectivity index (χ3v) is 4.59. The van der Waals surface area contributed by atoms with E-state index in [0.29, 0.717) is 28.5 Å². The van der Waals surface area contributed by atoms with Crippen molar-refractivity contribution in [3.8, 4) is 17.2 Å². The molecule has 1 heterocycles. The van der Waals surface area contributed by atoms with Crippen molar-refractivity contribution in [3.63, 3.8) is 0 Å². The minimum atomic E-state index is -0.475. The van der Waals surface area contributed by atoms with Gasteiger partial charge in [-0.15, -0.1) is 0 Å². The number of nitrogens with zero attached hydrogens (tertiary/aromatic N) is 1. The molecule has 3 rings (SSSR count). The van der Waals surface area contributed by atoms with Crippen LogP contribution in [-0.4, -0.2) is 32.1 Å². The second kappa shape index (κ2) is 8.68. The molecule has 2 aromatic carbocycles. The van der Waals surface area contributed by atoms with Gasteiger partial charge in [0.1, 0.15) is 5.57 Å². The number of nitrogens with one attached hydrogen (secondary N) is 1. The zero-order valence-corrected chi connectivity index (χ0v) is 16.9. The first kappa shape index (κ1) is 20.3. The summed E-state index contributed by atoms with van der Waals surface area (Å²) >= 11 is 0. The lowest BCUT2D eigenvalue weighted by atomic mass is 10.1. The number of hydrogen-bond donors (Lipinski definition) is 1. The fourth-order valence-electron chi connectivity index (χ4n) is 2.87. The van der Waals surface area contributed by atoms with E-state index in [1.165, 1.54) is 25.3 Å². The SMILES string of the molecule is CCC(C)Oc1c(OC)cc(C=C2C(=O)NN(c3ccccc3)C2=O)cc1OC. The van der Waals surface area contributed by atoms with Crippen LogP contribution in [0.4, 0.5) is 5.69 Å². The van der Waals surface area contributed by atoms with E-state index in [-0.39, 0.29) is 11.7 Å². The molecule has 0 aromatic heterocycles. The van der Waals surface area contributed by atoms with Crippen LogP contribution in [0.3, 0.4) is 0 Å². The Morgan fingerprint density at radius 2 is 1.69 bits per heavy atom. The lowest BCUT2D eigenvalue weighted by molar-refractivity contribution is -0.117. The Balaban J connectivity index is 1.97. The summed E-state index contributed by atoms with van der Waals surface area (Å²) in [6, 6.07) is 12.3. The maximum absolute atomic E-state index is 12.8. The van der Waals surface area contributed by atoms with Crippen molar-refractivity contribution in [2.75, 3.05) is 19.2 Å². The van der Waals surface area contributed by atoms with Crippen molar-refractivity contribution in [3.05, 3.63) is 53.6 Å². The number of rotatable bonds is 7. The van der Waals surface area contributed by atoms with Crippen LogP contribution < -0.4 is 24.6 Å². The van der Waals surface area contributed by atoms with Crippen molar-refractivity contribution in [2.45, 2.75) is 26.4 Å². The van der Waals surface area contributed by atoms with Gasteiger partial charge >= 0.3 is 0 Å². The van der Waals surface area contributed by atoms with Gasteiger partial charge in [-0.2, -0.15) is 0 Å². The van der Waals surface area contributed by atoms with E-state index in [0.717, 1.165) is 6.42 Å². The highest BCUT2D eigenvalue weighted by atomic mass is 16.5. The molecule has 2 aromatic rings. The largest absolute Gasteiger partial charge is 0.493 e. The number of para-hydroxylation sites is 1. The second-order valence-corrected chi connectivity index (χ2v) is 6.57. The summed E-state index contributed by atoms with van der Waals surface area (Å²) in [6.07, 6.45) is 2.31. The first-order valence-corrected chi connectivity index (χ1v) is 9.33. The maximum Gasteiger partial charge on any atom is 0.282 e. The summed E-state index contributed by atoms with van der Waals surface area (Å²) in [5.74, 6) is 0.500. The summed E-state index contributed by atoms with van der Waals surface area (Å²) < 4.78 is 16.8. The highest BCUT2D eigenvalue weighted by Crippen LogP contribution is 2.40. The number of carbonyl (C=O) groups excluding carboxylic acids is 2. The molecule has 29 heavy (non-hydrogen) atoms. The average Bonchev–Trinajstić information content (AvgIpc) is 3.03. The Morgan fingerprint density at radius 3 is 2.24 bits per heavy atom. The molecular formula is C22H24N2O5. The van der Waals surface area contributed by atoms with Crippen molar-refractivity contribution >= 4 is 23.6 Å². The molecule has 1 unspecified atom stereocenters. The first-order chi connectivity index (χ1) is 14.0. The Labute approximate surface area is 169 Å². The number of anilines is 1. The van der Waals surface area contributed by atoms with E-state index < -0.39 is 11.8 Å².